The largest absolute Gasteiger partial charge is 0.397 e. The van der Waals surface area contributed by atoms with Gasteiger partial charge in [-0.3, -0.25) is 14.7 Å². The summed E-state index contributed by atoms with van der Waals surface area (Å²) in [6.07, 6.45) is 1.78. The molecule has 0 aliphatic carbocycles. The lowest BCUT2D eigenvalue weighted by Gasteiger charge is -2.21. The van der Waals surface area contributed by atoms with Crippen LogP contribution < -0.4 is 11.1 Å². The molecule has 34 heavy (non-hydrogen) atoms. The monoisotopic (exact) mass is 459 g/mol. The van der Waals surface area contributed by atoms with Gasteiger partial charge in [0.05, 0.1) is 35.8 Å². The Kier molecular flexibility index (Phi) is 9.12. The van der Waals surface area contributed by atoms with E-state index in [4.69, 9.17) is 15.2 Å². The fraction of sp³-hybridized carbons (Fsp3) is 0.269. The van der Waals surface area contributed by atoms with Crippen molar-refractivity contribution < 1.29 is 14.3 Å². The number of ether oxygens (including phenoxy) is 2. The van der Waals surface area contributed by atoms with Crippen molar-refractivity contribution in [3.05, 3.63) is 77.5 Å². The van der Waals surface area contributed by atoms with E-state index in [1.54, 1.807) is 56.8 Å². The van der Waals surface area contributed by atoms with Crippen LogP contribution in [0.4, 0.5) is 11.4 Å². The number of amides is 1. The summed E-state index contributed by atoms with van der Waals surface area (Å²) in [7, 11) is 3.34. The molecule has 0 saturated heterocycles. The lowest BCUT2D eigenvalue weighted by molar-refractivity contribution is 0.102. The average Bonchev–Trinajstić information content (AvgIpc) is 2.87. The highest BCUT2D eigenvalue weighted by atomic mass is 16.5. The molecule has 1 amide bonds. The number of aromatic nitrogens is 1. The minimum atomic E-state index is -0.263. The number of carbonyl (C=O) groups is 1. The highest BCUT2D eigenvalue weighted by Gasteiger charge is 2.13. The van der Waals surface area contributed by atoms with E-state index in [0.29, 0.717) is 48.0 Å². The van der Waals surface area contributed by atoms with Gasteiger partial charge in [-0.15, -0.1) is 0 Å². The third-order valence-electron chi connectivity index (χ3n) is 5.32. The maximum absolute atomic E-state index is 12.6. The second-order valence-electron chi connectivity index (χ2n) is 7.73. The van der Waals surface area contributed by atoms with E-state index in [2.05, 4.69) is 21.3 Å². The number of carbonyl (C=O) groups excluding carboxylic acids is 1. The van der Waals surface area contributed by atoms with Gasteiger partial charge >= 0.3 is 0 Å². The Labute approximate surface area is 199 Å². The quantitative estimate of drug-likeness (QED) is 0.422. The normalized spacial score (nSPS) is 10.8. The summed E-state index contributed by atoms with van der Waals surface area (Å²) in [6, 6.07) is 18.2. The topological polar surface area (TPSA) is 114 Å². The highest BCUT2D eigenvalue weighted by molar-refractivity contribution is 6.05. The molecule has 0 aliphatic rings. The molecule has 8 nitrogen and oxygen atoms in total. The van der Waals surface area contributed by atoms with Crippen LogP contribution in [0.2, 0.25) is 0 Å². The summed E-state index contributed by atoms with van der Waals surface area (Å²) >= 11 is 0. The Morgan fingerprint density at radius 1 is 1.09 bits per heavy atom. The van der Waals surface area contributed by atoms with Crippen LogP contribution in [0.25, 0.3) is 11.3 Å². The molecule has 3 aromatic rings. The molecular weight excluding hydrogens is 430 g/mol. The van der Waals surface area contributed by atoms with Crippen LogP contribution in [0.3, 0.4) is 0 Å². The summed E-state index contributed by atoms with van der Waals surface area (Å²) in [6.45, 7) is 3.36. The summed E-state index contributed by atoms with van der Waals surface area (Å²) in [5, 5.41) is 12.5. The molecular formula is C26H29N5O3. The zero-order chi connectivity index (χ0) is 24.3. The maximum atomic E-state index is 12.6. The second kappa shape index (κ2) is 12.5. The number of pyridine rings is 1. The molecule has 0 fully saturated rings. The molecule has 0 aliphatic heterocycles. The zero-order valence-corrected chi connectivity index (χ0v) is 19.5. The molecule has 8 heteroatoms. The number of methoxy groups -OCH3 is 2. The first-order valence-electron chi connectivity index (χ1n) is 10.9. The van der Waals surface area contributed by atoms with Gasteiger partial charge in [0.2, 0.25) is 0 Å². The third-order valence-corrected chi connectivity index (χ3v) is 5.32. The Hall–Kier alpha value is -3.77. The third kappa shape index (κ3) is 6.62. The van der Waals surface area contributed by atoms with Crippen LogP contribution in [-0.4, -0.2) is 56.3 Å². The highest BCUT2D eigenvalue weighted by Crippen LogP contribution is 2.24. The number of rotatable bonds is 11. The standard InChI is InChI=1S/C26H29N5O3/c1-33-13-11-31(12-14-34-2)18-19-15-22(16-27)25(29-17-19)20-7-9-21(10-8-20)26(32)30-24-6-4-3-5-23(24)28/h3-10,15,17H,11-14,18,28H2,1-2H3,(H,30,32). The van der Waals surface area contributed by atoms with Crippen LogP contribution in [0, 0.1) is 11.3 Å². The smallest absolute Gasteiger partial charge is 0.255 e. The maximum Gasteiger partial charge on any atom is 0.255 e. The molecule has 0 saturated carbocycles. The number of hydrogen-bond acceptors (Lipinski definition) is 7. The Balaban J connectivity index is 1.74. The van der Waals surface area contributed by atoms with Crippen molar-refractivity contribution in [3.8, 4) is 17.3 Å². The van der Waals surface area contributed by atoms with Crippen molar-refractivity contribution in [3.63, 3.8) is 0 Å². The van der Waals surface area contributed by atoms with Gasteiger partial charge in [0.1, 0.15) is 6.07 Å². The van der Waals surface area contributed by atoms with E-state index in [-0.39, 0.29) is 5.91 Å². The number of nitriles is 1. The number of para-hydroxylation sites is 2. The van der Waals surface area contributed by atoms with Crippen LogP contribution >= 0.6 is 0 Å². The SMILES string of the molecule is COCCN(CCOC)Cc1cnc(-c2ccc(C(=O)Nc3ccccc3N)cc2)c(C#N)c1. The van der Waals surface area contributed by atoms with Crippen LogP contribution in [0.15, 0.2) is 60.8 Å². The first-order chi connectivity index (χ1) is 16.5. The lowest BCUT2D eigenvalue weighted by Crippen LogP contribution is -2.30. The van der Waals surface area contributed by atoms with Gasteiger partial charge < -0.3 is 20.5 Å². The molecule has 0 atom stereocenters. The predicted octanol–water partition coefficient (Wildman–Crippen LogP) is 3.55. The van der Waals surface area contributed by atoms with Crippen molar-refractivity contribution in [2.24, 2.45) is 0 Å². The van der Waals surface area contributed by atoms with Gasteiger partial charge in [-0.1, -0.05) is 24.3 Å². The van der Waals surface area contributed by atoms with E-state index in [1.165, 1.54) is 0 Å². The molecule has 3 N–H and O–H groups in total. The summed E-state index contributed by atoms with van der Waals surface area (Å²) in [5.74, 6) is -0.263. The van der Waals surface area contributed by atoms with Gasteiger partial charge in [-0.05, 0) is 35.9 Å². The first-order valence-corrected chi connectivity index (χ1v) is 10.9. The molecule has 0 spiro atoms. The predicted molar refractivity (Wildman–Crippen MR) is 132 cm³/mol. The Bertz CT molecular complexity index is 1130. The van der Waals surface area contributed by atoms with Gasteiger partial charge in [0.15, 0.2) is 0 Å². The van der Waals surface area contributed by atoms with E-state index >= 15 is 0 Å². The first kappa shape index (κ1) is 24.9. The number of nitrogens with zero attached hydrogens (tertiary/aromatic N) is 3. The van der Waals surface area contributed by atoms with Crippen LogP contribution in [0.5, 0.6) is 0 Å². The molecule has 2 aromatic carbocycles. The van der Waals surface area contributed by atoms with Crippen molar-refractivity contribution in [2.45, 2.75) is 6.54 Å². The number of nitrogen functional groups attached to an aromatic ring is 1. The molecule has 0 bridgehead atoms. The van der Waals surface area contributed by atoms with Gasteiger partial charge in [0, 0.05) is 51.2 Å². The van der Waals surface area contributed by atoms with Crippen molar-refractivity contribution >= 4 is 17.3 Å². The fourth-order valence-electron chi connectivity index (χ4n) is 3.46. The number of anilines is 2. The molecule has 1 heterocycles. The molecule has 0 unspecified atom stereocenters. The summed E-state index contributed by atoms with van der Waals surface area (Å²) in [4.78, 5) is 19.3. The van der Waals surface area contributed by atoms with Crippen LogP contribution in [-0.2, 0) is 16.0 Å². The van der Waals surface area contributed by atoms with Gasteiger partial charge in [-0.2, -0.15) is 5.26 Å². The molecule has 3 rings (SSSR count). The zero-order valence-electron chi connectivity index (χ0n) is 19.5. The number of nitrogens with one attached hydrogen (secondary N) is 1. The molecule has 176 valence electrons. The lowest BCUT2D eigenvalue weighted by atomic mass is 10.0. The number of nitrogens with two attached hydrogens (primary N) is 1. The average molecular weight is 460 g/mol. The fourth-order valence-corrected chi connectivity index (χ4v) is 3.46. The van der Waals surface area contributed by atoms with Crippen molar-refractivity contribution in [1.29, 1.82) is 5.26 Å². The van der Waals surface area contributed by atoms with Crippen molar-refractivity contribution in [1.82, 2.24) is 9.88 Å². The van der Waals surface area contributed by atoms with E-state index in [0.717, 1.165) is 24.2 Å². The van der Waals surface area contributed by atoms with Gasteiger partial charge in [-0.25, -0.2) is 0 Å². The molecule has 1 aromatic heterocycles. The minimum Gasteiger partial charge on any atom is -0.397 e. The Morgan fingerprint density at radius 2 is 1.76 bits per heavy atom. The molecule has 0 radical (unpaired) electrons. The summed E-state index contributed by atoms with van der Waals surface area (Å²) < 4.78 is 10.4. The number of benzene rings is 2. The minimum absolute atomic E-state index is 0.263. The van der Waals surface area contributed by atoms with Crippen molar-refractivity contribution in [2.75, 3.05) is 51.6 Å². The summed E-state index contributed by atoms with van der Waals surface area (Å²) in [5.41, 5.74) is 10.2. The Morgan fingerprint density at radius 3 is 2.38 bits per heavy atom. The van der Waals surface area contributed by atoms with E-state index in [9.17, 15) is 10.1 Å². The number of hydrogen-bond donors (Lipinski definition) is 2. The van der Waals surface area contributed by atoms with E-state index < -0.39 is 0 Å². The van der Waals surface area contributed by atoms with E-state index in [1.807, 2.05) is 18.2 Å². The van der Waals surface area contributed by atoms with Gasteiger partial charge in [0.25, 0.3) is 5.91 Å². The van der Waals surface area contributed by atoms with Crippen LogP contribution in [0.1, 0.15) is 21.5 Å². The second-order valence-corrected chi connectivity index (χ2v) is 7.73.